The summed E-state index contributed by atoms with van der Waals surface area (Å²) < 4.78 is 0. The van der Waals surface area contributed by atoms with E-state index >= 15 is 0 Å². The molecule has 1 N–H and O–H groups in total. The molecular weight excluding hydrogens is 372 g/mol. The molecule has 2 amide bonds. The summed E-state index contributed by atoms with van der Waals surface area (Å²) in [7, 11) is 0. The van der Waals surface area contributed by atoms with Crippen LogP contribution in [0.5, 0.6) is 0 Å². The quantitative estimate of drug-likeness (QED) is 0.708. The molecule has 2 aromatic rings. The Morgan fingerprint density at radius 2 is 1.70 bits per heavy atom. The van der Waals surface area contributed by atoms with Crippen molar-refractivity contribution in [3.8, 4) is 0 Å². The maximum Gasteiger partial charge on any atom is 0.242 e. The smallest absolute Gasteiger partial charge is 0.242 e. The van der Waals surface area contributed by atoms with E-state index in [0.29, 0.717) is 13.0 Å². The molecule has 1 unspecified atom stereocenters. The van der Waals surface area contributed by atoms with Crippen molar-refractivity contribution in [2.24, 2.45) is 0 Å². The van der Waals surface area contributed by atoms with Gasteiger partial charge in [-0.05, 0) is 62.3 Å². The van der Waals surface area contributed by atoms with Crippen molar-refractivity contribution in [1.82, 2.24) is 10.2 Å². The number of aryl methyl sites for hydroxylation is 2. The van der Waals surface area contributed by atoms with Gasteiger partial charge in [0.05, 0.1) is 6.42 Å². The largest absolute Gasteiger partial charge is 0.352 e. The van der Waals surface area contributed by atoms with Crippen LogP contribution in [0, 0.1) is 13.8 Å². The molecule has 30 heavy (non-hydrogen) atoms. The van der Waals surface area contributed by atoms with Gasteiger partial charge in [-0.3, -0.25) is 9.59 Å². The van der Waals surface area contributed by atoms with Crippen LogP contribution in [0.25, 0.3) is 0 Å². The van der Waals surface area contributed by atoms with Gasteiger partial charge in [0.1, 0.15) is 6.04 Å². The highest BCUT2D eigenvalue weighted by atomic mass is 16.2. The minimum absolute atomic E-state index is 0.00301. The summed E-state index contributed by atoms with van der Waals surface area (Å²) in [6, 6.07) is 16.1. The van der Waals surface area contributed by atoms with E-state index in [0.717, 1.165) is 24.8 Å². The lowest BCUT2D eigenvalue weighted by Crippen LogP contribution is -2.51. The van der Waals surface area contributed by atoms with Crippen LogP contribution in [0.15, 0.2) is 48.5 Å². The standard InChI is InChI=1S/C26H34N2O2/c1-19-13-14-23(17-20(19)2)18-25(29)28(16-15-22-9-5-4-6-10-22)21(3)26(30)27-24-11-7-8-12-24/h4-6,9-10,13-14,17,21,24H,7-8,11-12,15-16,18H2,1-3H3,(H,27,30). The zero-order chi connectivity index (χ0) is 21.5. The van der Waals surface area contributed by atoms with E-state index in [9.17, 15) is 9.59 Å². The van der Waals surface area contributed by atoms with Crippen LogP contribution in [0.3, 0.4) is 0 Å². The summed E-state index contributed by atoms with van der Waals surface area (Å²) in [5, 5.41) is 3.16. The van der Waals surface area contributed by atoms with Crippen molar-refractivity contribution in [2.45, 2.75) is 71.4 Å². The van der Waals surface area contributed by atoms with E-state index in [1.807, 2.05) is 31.2 Å². The topological polar surface area (TPSA) is 49.4 Å². The van der Waals surface area contributed by atoms with Gasteiger partial charge < -0.3 is 10.2 Å². The number of nitrogens with zero attached hydrogens (tertiary/aromatic N) is 1. The van der Waals surface area contributed by atoms with Crippen LogP contribution >= 0.6 is 0 Å². The van der Waals surface area contributed by atoms with E-state index in [1.165, 1.54) is 29.5 Å². The molecule has 1 aliphatic carbocycles. The molecule has 0 bridgehead atoms. The number of rotatable bonds is 8. The molecule has 1 fully saturated rings. The second-order valence-corrected chi connectivity index (χ2v) is 8.58. The van der Waals surface area contributed by atoms with Crippen molar-refractivity contribution < 1.29 is 9.59 Å². The van der Waals surface area contributed by atoms with E-state index in [4.69, 9.17) is 0 Å². The van der Waals surface area contributed by atoms with Crippen molar-refractivity contribution in [2.75, 3.05) is 6.54 Å². The summed E-state index contributed by atoms with van der Waals surface area (Å²) in [6.07, 6.45) is 5.47. The molecule has 0 aliphatic heterocycles. The third-order valence-corrected chi connectivity index (χ3v) is 6.28. The molecule has 2 aromatic carbocycles. The summed E-state index contributed by atoms with van der Waals surface area (Å²) in [5.74, 6) is -0.0355. The van der Waals surface area contributed by atoms with Crippen LogP contribution in [-0.4, -0.2) is 35.3 Å². The van der Waals surface area contributed by atoms with Crippen LogP contribution < -0.4 is 5.32 Å². The molecule has 4 heteroatoms. The predicted octanol–water partition coefficient (Wildman–Crippen LogP) is 4.36. The number of hydrogen-bond donors (Lipinski definition) is 1. The molecule has 0 saturated heterocycles. The monoisotopic (exact) mass is 406 g/mol. The first-order chi connectivity index (χ1) is 14.4. The highest BCUT2D eigenvalue weighted by Gasteiger charge is 2.28. The van der Waals surface area contributed by atoms with Gasteiger partial charge >= 0.3 is 0 Å². The molecule has 0 aromatic heterocycles. The van der Waals surface area contributed by atoms with Gasteiger partial charge in [-0.15, -0.1) is 0 Å². The first-order valence-corrected chi connectivity index (χ1v) is 11.1. The molecule has 0 heterocycles. The van der Waals surface area contributed by atoms with Crippen molar-refractivity contribution in [3.05, 3.63) is 70.8 Å². The summed E-state index contributed by atoms with van der Waals surface area (Å²) in [4.78, 5) is 27.9. The molecule has 4 nitrogen and oxygen atoms in total. The Kier molecular flexibility index (Phi) is 7.67. The van der Waals surface area contributed by atoms with Crippen LogP contribution in [0.1, 0.15) is 54.9 Å². The van der Waals surface area contributed by atoms with Crippen LogP contribution in [-0.2, 0) is 22.4 Å². The average molecular weight is 407 g/mol. The zero-order valence-electron chi connectivity index (χ0n) is 18.5. The van der Waals surface area contributed by atoms with Crippen molar-refractivity contribution >= 4 is 11.8 Å². The van der Waals surface area contributed by atoms with Gasteiger partial charge in [0.15, 0.2) is 0 Å². The van der Waals surface area contributed by atoms with E-state index in [2.05, 4.69) is 43.4 Å². The van der Waals surface area contributed by atoms with Crippen LogP contribution in [0.2, 0.25) is 0 Å². The molecule has 3 rings (SSSR count). The summed E-state index contributed by atoms with van der Waals surface area (Å²) in [5.41, 5.74) is 4.57. The fourth-order valence-electron chi connectivity index (χ4n) is 4.15. The zero-order valence-corrected chi connectivity index (χ0v) is 18.5. The Morgan fingerprint density at radius 1 is 1.00 bits per heavy atom. The normalized spacial score (nSPS) is 15.0. The van der Waals surface area contributed by atoms with Crippen LogP contribution in [0.4, 0.5) is 0 Å². The minimum Gasteiger partial charge on any atom is -0.352 e. The number of nitrogens with one attached hydrogen (secondary N) is 1. The third-order valence-electron chi connectivity index (χ3n) is 6.28. The van der Waals surface area contributed by atoms with Crippen molar-refractivity contribution in [3.63, 3.8) is 0 Å². The Balaban J connectivity index is 1.71. The summed E-state index contributed by atoms with van der Waals surface area (Å²) in [6.45, 7) is 6.52. The van der Waals surface area contributed by atoms with Crippen molar-refractivity contribution in [1.29, 1.82) is 0 Å². The minimum atomic E-state index is -0.478. The van der Waals surface area contributed by atoms with E-state index in [-0.39, 0.29) is 17.9 Å². The molecule has 1 saturated carbocycles. The molecule has 1 aliphatic rings. The van der Waals surface area contributed by atoms with Gasteiger partial charge in [-0.25, -0.2) is 0 Å². The maximum absolute atomic E-state index is 13.3. The Hall–Kier alpha value is -2.62. The number of carbonyl (C=O) groups excluding carboxylic acids is 2. The number of amides is 2. The molecule has 1 atom stereocenters. The second kappa shape index (κ2) is 10.4. The average Bonchev–Trinajstić information content (AvgIpc) is 3.24. The lowest BCUT2D eigenvalue weighted by Gasteiger charge is -2.30. The van der Waals surface area contributed by atoms with Gasteiger partial charge in [-0.2, -0.15) is 0 Å². The number of carbonyl (C=O) groups is 2. The molecular formula is C26H34N2O2. The number of hydrogen-bond acceptors (Lipinski definition) is 2. The first kappa shape index (κ1) is 22.1. The fourth-order valence-corrected chi connectivity index (χ4v) is 4.15. The van der Waals surface area contributed by atoms with E-state index < -0.39 is 6.04 Å². The molecule has 0 radical (unpaired) electrons. The lowest BCUT2D eigenvalue weighted by molar-refractivity contribution is -0.139. The highest BCUT2D eigenvalue weighted by Crippen LogP contribution is 2.18. The third kappa shape index (κ3) is 5.94. The lowest BCUT2D eigenvalue weighted by atomic mass is 10.0. The highest BCUT2D eigenvalue weighted by molar-refractivity contribution is 5.88. The predicted molar refractivity (Wildman–Crippen MR) is 121 cm³/mol. The van der Waals surface area contributed by atoms with Gasteiger partial charge in [0.25, 0.3) is 0 Å². The van der Waals surface area contributed by atoms with Gasteiger partial charge in [0.2, 0.25) is 11.8 Å². The first-order valence-electron chi connectivity index (χ1n) is 11.1. The molecule has 160 valence electrons. The Bertz CT molecular complexity index is 857. The van der Waals surface area contributed by atoms with Gasteiger partial charge in [-0.1, -0.05) is 61.4 Å². The van der Waals surface area contributed by atoms with Gasteiger partial charge in [0, 0.05) is 12.6 Å². The number of benzene rings is 2. The fraction of sp³-hybridized carbons (Fsp3) is 0.462. The molecule has 0 spiro atoms. The second-order valence-electron chi connectivity index (χ2n) is 8.58. The summed E-state index contributed by atoms with van der Waals surface area (Å²) >= 11 is 0. The Labute approximate surface area is 180 Å². The maximum atomic E-state index is 13.3. The Morgan fingerprint density at radius 3 is 2.37 bits per heavy atom. The van der Waals surface area contributed by atoms with E-state index in [1.54, 1.807) is 4.90 Å². The SMILES string of the molecule is Cc1ccc(CC(=O)N(CCc2ccccc2)C(C)C(=O)NC2CCCC2)cc1C.